The standard InChI is InChI=1S/C25H34F5N5O4/c1-14(2)21-32-17-12-34(9-7-16(17)20(33-21)25(28,29)30)19(37)10-15(31-22(38)39-23(3,4)5)11-35-13-24(26,27)8-6-18(35)36/h14-15H,6-13H2,1-5H3,(H,31,38)/t15-/m0/s1. The van der Waals surface area contributed by atoms with Crippen molar-refractivity contribution in [2.24, 2.45) is 0 Å². The number of ether oxygens (including phenoxy) is 1. The first-order valence-corrected chi connectivity index (χ1v) is 12.7. The van der Waals surface area contributed by atoms with Crippen LogP contribution < -0.4 is 5.32 Å². The first-order valence-electron chi connectivity index (χ1n) is 12.7. The topological polar surface area (TPSA) is 105 Å². The molecule has 3 heterocycles. The van der Waals surface area contributed by atoms with E-state index in [2.05, 4.69) is 15.3 Å². The van der Waals surface area contributed by atoms with Crippen molar-refractivity contribution in [3.63, 3.8) is 0 Å². The molecule has 0 aliphatic carbocycles. The van der Waals surface area contributed by atoms with Gasteiger partial charge in [0.25, 0.3) is 5.92 Å². The zero-order valence-corrected chi connectivity index (χ0v) is 22.6. The van der Waals surface area contributed by atoms with Crippen molar-refractivity contribution in [1.82, 2.24) is 25.1 Å². The molecule has 218 valence electrons. The first kappa shape index (κ1) is 30.5. The number of halogens is 5. The number of alkyl halides is 5. The summed E-state index contributed by atoms with van der Waals surface area (Å²) in [5.41, 5.74) is -1.88. The summed E-state index contributed by atoms with van der Waals surface area (Å²) < 4.78 is 74.3. The second-order valence-electron chi connectivity index (χ2n) is 11.3. The Labute approximate surface area is 223 Å². The van der Waals surface area contributed by atoms with Crippen LogP contribution in [0.25, 0.3) is 0 Å². The maximum absolute atomic E-state index is 14.0. The molecule has 0 radical (unpaired) electrons. The fourth-order valence-electron chi connectivity index (χ4n) is 4.46. The fourth-order valence-corrected chi connectivity index (χ4v) is 4.46. The van der Waals surface area contributed by atoms with E-state index >= 15 is 0 Å². The van der Waals surface area contributed by atoms with Gasteiger partial charge in [-0.15, -0.1) is 0 Å². The molecule has 1 saturated heterocycles. The Kier molecular flexibility index (Phi) is 8.76. The molecule has 39 heavy (non-hydrogen) atoms. The van der Waals surface area contributed by atoms with E-state index in [1.54, 1.807) is 34.6 Å². The first-order chi connectivity index (χ1) is 17.8. The van der Waals surface area contributed by atoms with Gasteiger partial charge in [-0.1, -0.05) is 13.8 Å². The Morgan fingerprint density at radius 1 is 1.13 bits per heavy atom. The molecular weight excluding hydrogens is 529 g/mol. The molecule has 1 atom stereocenters. The number of carbonyl (C=O) groups is 3. The van der Waals surface area contributed by atoms with Crippen LogP contribution in [0.3, 0.4) is 0 Å². The summed E-state index contributed by atoms with van der Waals surface area (Å²) in [5, 5.41) is 2.49. The number of rotatable bonds is 6. The third kappa shape index (κ3) is 8.21. The van der Waals surface area contributed by atoms with Crippen LogP contribution in [0, 0.1) is 0 Å². The quantitative estimate of drug-likeness (QED) is 0.524. The Hall–Kier alpha value is -3.06. The van der Waals surface area contributed by atoms with Crippen LogP contribution in [-0.2, 0) is 33.5 Å². The van der Waals surface area contributed by atoms with Gasteiger partial charge in [0.15, 0.2) is 5.69 Å². The molecule has 14 heteroatoms. The Bertz CT molecular complexity index is 1100. The molecule has 0 spiro atoms. The number of aromatic nitrogens is 2. The molecule has 1 N–H and O–H groups in total. The van der Waals surface area contributed by atoms with Gasteiger partial charge in [0.05, 0.1) is 24.8 Å². The van der Waals surface area contributed by atoms with Crippen LogP contribution in [0.4, 0.5) is 26.7 Å². The Balaban J connectivity index is 1.81. The highest BCUT2D eigenvalue weighted by Crippen LogP contribution is 2.35. The number of fused-ring (bicyclic) bond motifs is 1. The molecule has 9 nitrogen and oxygen atoms in total. The van der Waals surface area contributed by atoms with Gasteiger partial charge in [-0.2, -0.15) is 13.2 Å². The van der Waals surface area contributed by atoms with Crippen LogP contribution in [0.5, 0.6) is 0 Å². The lowest BCUT2D eigenvalue weighted by Crippen LogP contribution is -2.53. The number of likely N-dealkylation sites (tertiary alicyclic amines) is 1. The van der Waals surface area contributed by atoms with Crippen LogP contribution in [-0.4, -0.2) is 74.9 Å². The predicted octanol–water partition coefficient (Wildman–Crippen LogP) is 4.04. The highest BCUT2D eigenvalue weighted by Gasteiger charge is 2.41. The SMILES string of the molecule is CC(C)c1nc2c(c(C(F)(F)F)n1)CCN(C(=O)C[C@@H](CN1CC(F)(F)CCC1=O)NC(=O)OC(C)(C)C)C2. The number of alkyl carbamates (subject to hydrolysis) is 1. The van der Waals surface area contributed by atoms with Crippen LogP contribution in [0.15, 0.2) is 0 Å². The molecule has 0 aromatic carbocycles. The zero-order valence-electron chi connectivity index (χ0n) is 22.6. The fraction of sp³-hybridized carbons (Fsp3) is 0.720. The summed E-state index contributed by atoms with van der Waals surface area (Å²) >= 11 is 0. The maximum Gasteiger partial charge on any atom is 0.433 e. The molecule has 3 amide bonds. The summed E-state index contributed by atoms with van der Waals surface area (Å²) in [6.45, 7) is 6.70. The number of hydrogen-bond donors (Lipinski definition) is 1. The van der Waals surface area contributed by atoms with E-state index in [0.29, 0.717) is 0 Å². The summed E-state index contributed by atoms with van der Waals surface area (Å²) in [6, 6.07) is -1.08. The van der Waals surface area contributed by atoms with Gasteiger partial charge in [0.2, 0.25) is 11.8 Å². The van der Waals surface area contributed by atoms with Gasteiger partial charge in [0.1, 0.15) is 11.4 Å². The van der Waals surface area contributed by atoms with Gasteiger partial charge in [0, 0.05) is 43.8 Å². The molecular formula is C25H34F5N5O4. The number of nitrogens with one attached hydrogen (secondary N) is 1. The van der Waals surface area contributed by atoms with Gasteiger partial charge in [-0.3, -0.25) is 9.59 Å². The molecule has 2 aliphatic heterocycles. The number of carbonyl (C=O) groups excluding carboxylic acids is 3. The third-order valence-electron chi connectivity index (χ3n) is 6.28. The van der Waals surface area contributed by atoms with E-state index in [1.165, 1.54) is 4.90 Å². The molecule has 0 saturated carbocycles. The van der Waals surface area contributed by atoms with Crippen LogP contribution >= 0.6 is 0 Å². The largest absolute Gasteiger partial charge is 0.444 e. The maximum atomic E-state index is 14.0. The van der Waals surface area contributed by atoms with Gasteiger partial charge in [-0.25, -0.2) is 23.5 Å². The smallest absolute Gasteiger partial charge is 0.433 e. The highest BCUT2D eigenvalue weighted by molar-refractivity contribution is 5.79. The van der Waals surface area contributed by atoms with E-state index in [9.17, 15) is 36.3 Å². The zero-order chi connectivity index (χ0) is 29.3. The van der Waals surface area contributed by atoms with Crippen molar-refractivity contribution in [2.75, 3.05) is 19.6 Å². The molecule has 3 rings (SSSR count). The average molecular weight is 564 g/mol. The van der Waals surface area contributed by atoms with E-state index < -0.39 is 66.7 Å². The second kappa shape index (κ2) is 11.2. The van der Waals surface area contributed by atoms with Crippen molar-refractivity contribution >= 4 is 17.9 Å². The number of nitrogens with zero attached hydrogens (tertiary/aromatic N) is 4. The lowest BCUT2D eigenvalue weighted by molar-refractivity contribution is -0.148. The molecule has 0 bridgehead atoms. The summed E-state index contributed by atoms with van der Waals surface area (Å²) in [5.74, 6) is -4.56. The minimum atomic E-state index is -4.69. The summed E-state index contributed by atoms with van der Waals surface area (Å²) in [7, 11) is 0. The lowest BCUT2D eigenvalue weighted by Gasteiger charge is -2.36. The monoisotopic (exact) mass is 563 g/mol. The minimum absolute atomic E-state index is 0.00406. The molecule has 1 aromatic heterocycles. The second-order valence-corrected chi connectivity index (χ2v) is 11.3. The number of piperidine rings is 1. The van der Waals surface area contributed by atoms with Gasteiger partial charge >= 0.3 is 12.3 Å². The van der Waals surface area contributed by atoms with Crippen molar-refractivity contribution in [1.29, 1.82) is 0 Å². The Morgan fingerprint density at radius 2 is 1.79 bits per heavy atom. The van der Waals surface area contributed by atoms with E-state index in [4.69, 9.17) is 4.74 Å². The minimum Gasteiger partial charge on any atom is -0.444 e. The molecule has 2 aliphatic rings. The van der Waals surface area contributed by atoms with Crippen LogP contribution in [0.2, 0.25) is 0 Å². The third-order valence-corrected chi connectivity index (χ3v) is 6.28. The van der Waals surface area contributed by atoms with Crippen LogP contribution in [0.1, 0.15) is 82.6 Å². The van der Waals surface area contributed by atoms with E-state index in [0.717, 1.165) is 4.90 Å². The molecule has 0 unspecified atom stereocenters. The number of hydrogen-bond acceptors (Lipinski definition) is 6. The van der Waals surface area contributed by atoms with Crippen molar-refractivity contribution in [3.05, 3.63) is 22.8 Å². The lowest BCUT2D eigenvalue weighted by atomic mass is 10.00. The van der Waals surface area contributed by atoms with Gasteiger partial charge in [-0.05, 0) is 27.2 Å². The van der Waals surface area contributed by atoms with Crippen molar-refractivity contribution in [2.45, 2.75) is 96.5 Å². The van der Waals surface area contributed by atoms with Gasteiger partial charge < -0.3 is 19.9 Å². The normalized spacial score (nSPS) is 18.6. The highest BCUT2D eigenvalue weighted by atomic mass is 19.4. The summed E-state index contributed by atoms with van der Waals surface area (Å²) in [6.07, 6.45) is -7.06. The van der Waals surface area contributed by atoms with E-state index in [1.807, 2.05) is 0 Å². The Morgan fingerprint density at radius 3 is 2.38 bits per heavy atom. The van der Waals surface area contributed by atoms with Crippen molar-refractivity contribution in [3.8, 4) is 0 Å². The summed E-state index contributed by atoms with van der Waals surface area (Å²) in [4.78, 5) is 48.2. The number of amides is 3. The van der Waals surface area contributed by atoms with Crippen molar-refractivity contribution < 1.29 is 41.1 Å². The molecule has 1 fully saturated rings. The van der Waals surface area contributed by atoms with E-state index in [-0.39, 0.29) is 55.5 Å². The predicted molar refractivity (Wildman–Crippen MR) is 129 cm³/mol. The average Bonchev–Trinajstić information content (AvgIpc) is 2.78. The molecule has 1 aromatic rings.